The number of carbonyl (C=O) groups excluding carboxylic acids is 1. The van der Waals surface area contributed by atoms with Gasteiger partial charge in [0.15, 0.2) is 0 Å². The fraction of sp³-hybridized carbons (Fsp3) is 0.0909. The van der Waals surface area contributed by atoms with Crippen LogP contribution in [-0.2, 0) is 13.2 Å². The Bertz CT molecular complexity index is 1320. The number of carbonyl (C=O) groups is 1. The van der Waals surface area contributed by atoms with Crippen molar-refractivity contribution in [3.63, 3.8) is 0 Å². The molecule has 2 heterocycles. The van der Waals surface area contributed by atoms with Crippen LogP contribution < -0.4 is 10.1 Å². The Hall–Kier alpha value is -3.92. The van der Waals surface area contributed by atoms with Crippen molar-refractivity contribution in [2.24, 2.45) is 7.05 Å². The summed E-state index contributed by atoms with van der Waals surface area (Å²) in [6.45, 7) is 0. The van der Waals surface area contributed by atoms with Crippen molar-refractivity contribution in [1.29, 1.82) is 0 Å². The summed E-state index contributed by atoms with van der Waals surface area (Å²) in [6, 6.07) is 11.0. The van der Waals surface area contributed by atoms with Gasteiger partial charge in [-0.25, -0.2) is 9.97 Å². The second kappa shape index (κ2) is 8.91. The van der Waals surface area contributed by atoms with E-state index in [2.05, 4.69) is 20.4 Å². The Morgan fingerprint density at radius 2 is 1.94 bits per heavy atom. The van der Waals surface area contributed by atoms with E-state index in [-0.39, 0.29) is 11.4 Å². The SMILES string of the molecule is Cn1cc(-c2cc(Oc3cccc(NC(=O)c4ccc(Cl)c(C(F)(F)F)c4)c3)ncn2)cn1. The third kappa shape index (κ3) is 5.29. The lowest BCUT2D eigenvalue weighted by Gasteiger charge is -2.12. The Morgan fingerprint density at radius 3 is 2.67 bits per heavy atom. The smallest absolute Gasteiger partial charge is 0.417 e. The summed E-state index contributed by atoms with van der Waals surface area (Å²) in [7, 11) is 1.79. The predicted molar refractivity (Wildman–Crippen MR) is 115 cm³/mol. The number of nitrogens with one attached hydrogen (secondary N) is 1. The molecule has 0 spiro atoms. The molecule has 0 aliphatic heterocycles. The maximum Gasteiger partial charge on any atom is 0.417 e. The van der Waals surface area contributed by atoms with Gasteiger partial charge >= 0.3 is 6.18 Å². The van der Waals surface area contributed by atoms with Gasteiger partial charge in [0, 0.05) is 42.2 Å². The van der Waals surface area contributed by atoms with Gasteiger partial charge in [-0.05, 0) is 30.3 Å². The highest BCUT2D eigenvalue weighted by molar-refractivity contribution is 6.31. The molecular formula is C22H15ClF3N5O2. The molecule has 0 unspecified atom stereocenters. The van der Waals surface area contributed by atoms with Crippen molar-refractivity contribution in [1.82, 2.24) is 19.7 Å². The van der Waals surface area contributed by atoms with Crippen molar-refractivity contribution >= 4 is 23.2 Å². The van der Waals surface area contributed by atoms with E-state index >= 15 is 0 Å². The molecule has 0 aliphatic carbocycles. The molecule has 0 saturated carbocycles. The summed E-state index contributed by atoms with van der Waals surface area (Å²) in [5.41, 5.74) is 0.451. The van der Waals surface area contributed by atoms with Gasteiger partial charge < -0.3 is 10.1 Å². The molecule has 0 atom stereocenters. The molecule has 2 aromatic heterocycles. The number of amides is 1. The second-order valence-corrected chi connectivity index (χ2v) is 7.33. The predicted octanol–water partition coefficient (Wildman–Crippen LogP) is 5.59. The van der Waals surface area contributed by atoms with E-state index < -0.39 is 22.7 Å². The first-order valence-electron chi connectivity index (χ1n) is 9.46. The molecule has 11 heteroatoms. The third-order valence-corrected chi connectivity index (χ3v) is 4.82. The van der Waals surface area contributed by atoms with Gasteiger partial charge in [-0.3, -0.25) is 9.48 Å². The summed E-state index contributed by atoms with van der Waals surface area (Å²) in [6.07, 6.45) is 0.127. The maximum absolute atomic E-state index is 13.1. The quantitative estimate of drug-likeness (QED) is 0.408. The molecule has 0 fully saturated rings. The normalized spacial score (nSPS) is 11.3. The molecule has 0 bridgehead atoms. The monoisotopic (exact) mass is 473 g/mol. The highest BCUT2D eigenvalue weighted by atomic mass is 35.5. The molecule has 0 radical (unpaired) electrons. The highest BCUT2D eigenvalue weighted by Crippen LogP contribution is 2.35. The number of nitrogens with zero attached hydrogens (tertiary/aromatic N) is 4. The minimum Gasteiger partial charge on any atom is -0.439 e. The van der Waals surface area contributed by atoms with Crippen LogP contribution in [0.4, 0.5) is 18.9 Å². The molecule has 7 nitrogen and oxygen atoms in total. The standard InChI is InChI=1S/C22H15ClF3N5O2/c1-31-11-14(10-29-31)19-9-20(28-12-27-19)33-16-4-2-3-15(8-16)30-21(32)13-5-6-18(23)17(7-13)22(24,25)26/h2-12H,1H3,(H,30,32). The number of halogens is 4. The molecule has 4 rings (SSSR count). The van der Waals surface area contributed by atoms with Crippen LogP contribution in [0.15, 0.2) is 67.3 Å². The van der Waals surface area contributed by atoms with E-state index in [1.165, 1.54) is 18.5 Å². The van der Waals surface area contributed by atoms with Crippen molar-refractivity contribution in [3.8, 4) is 22.9 Å². The average molecular weight is 474 g/mol. The van der Waals surface area contributed by atoms with Crippen LogP contribution >= 0.6 is 11.6 Å². The minimum atomic E-state index is -4.67. The van der Waals surface area contributed by atoms with Crippen LogP contribution in [0, 0.1) is 0 Å². The van der Waals surface area contributed by atoms with Crippen molar-refractivity contribution < 1.29 is 22.7 Å². The number of aryl methyl sites for hydroxylation is 1. The largest absolute Gasteiger partial charge is 0.439 e. The van der Waals surface area contributed by atoms with Gasteiger partial charge in [0.05, 0.1) is 22.5 Å². The minimum absolute atomic E-state index is 0.185. The lowest BCUT2D eigenvalue weighted by atomic mass is 10.1. The highest BCUT2D eigenvalue weighted by Gasteiger charge is 2.33. The van der Waals surface area contributed by atoms with E-state index in [1.54, 1.807) is 48.4 Å². The Labute approximate surface area is 190 Å². The van der Waals surface area contributed by atoms with E-state index in [4.69, 9.17) is 16.3 Å². The molecule has 1 amide bonds. The Kier molecular flexibility index (Phi) is 6.01. The molecule has 4 aromatic rings. The molecular weight excluding hydrogens is 459 g/mol. The fourth-order valence-electron chi connectivity index (χ4n) is 2.95. The van der Waals surface area contributed by atoms with Gasteiger partial charge in [0.25, 0.3) is 5.91 Å². The van der Waals surface area contributed by atoms with Crippen molar-refractivity contribution in [2.75, 3.05) is 5.32 Å². The van der Waals surface area contributed by atoms with Crippen LogP contribution in [0.1, 0.15) is 15.9 Å². The van der Waals surface area contributed by atoms with Gasteiger partial charge in [0.1, 0.15) is 12.1 Å². The van der Waals surface area contributed by atoms with Gasteiger partial charge in [-0.15, -0.1) is 0 Å². The lowest BCUT2D eigenvalue weighted by Crippen LogP contribution is -2.14. The molecule has 2 aromatic carbocycles. The van der Waals surface area contributed by atoms with Crippen LogP contribution in [0.5, 0.6) is 11.6 Å². The van der Waals surface area contributed by atoms with Gasteiger partial charge in [0.2, 0.25) is 5.88 Å². The van der Waals surface area contributed by atoms with Crippen LogP contribution in [-0.4, -0.2) is 25.7 Å². The number of alkyl halides is 3. The molecule has 0 saturated heterocycles. The number of aromatic nitrogens is 4. The lowest BCUT2D eigenvalue weighted by molar-refractivity contribution is -0.137. The zero-order valence-electron chi connectivity index (χ0n) is 17.0. The molecule has 168 valence electrons. The summed E-state index contributed by atoms with van der Waals surface area (Å²) < 4.78 is 46.6. The van der Waals surface area contributed by atoms with Crippen LogP contribution in [0.3, 0.4) is 0 Å². The van der Waals surface area contributed by atoms with E-state index in [9.17, 15) is 18.0 Å². The number of anilines is 1. The first-order chi connectivity index (χ1) is 15.7. The second-order valence-electron chi connectivity index (χ2n) is 6.92. The third-order valence-electron chi connectivity index (χ3n) is 4.49. The molecule has 0 aliphatic rings. The molecule has 1 N–H and O–H groups in total. The van der Waals surface area contributed by atoms with E-state index in [0.29, 0.717) is 23.2 Å². The van der Waals surface area contributed by atoms with Crippen LogP contribution in [0.25, 0.3) is 11.3 Å². The van der Waals surface area contributed by atoms with Crippen molar-refractivity contribution in [3.05, 3.63) is 83.4 Å². The maximum atomic E-state index is 13.1. The first kappa shape index (κ1) is 22.3. The summed E-state index contributed by atoms with van der Waals surface area (Å²) in [5, 5.41) is 6.17. The average Bonchev–Trinajstić information content (AvgIpc) is 3.20. The number of benzene rings is 2. The number of rotatable bonds is 5. The zero-order valence-corrected chi connectivity index (χ0v) is 17.7. The van der Waals surface area contributed by atoms with Gasteiger partial charge in [-0.2, -0.15) is 18.3 Å². The number of ether oxygens (including phenoxy) is 1. The number of hydrogen-bond acceptors (Lipinski definition) is 5. The topological polar surface area (TPSA) is 81.9 Å². The van der Waals surface area contributed by atoms with Gasteiger partial charge in [-0.1, -0.05) is 17.7 Å². The summed E-state index contributed by atoms with van der Waals surface area (Å²) in [5.74, 6) is -0.106. The first-order valence-corrected chi connectivity index (χ1v) is 9.84. The summed E-state index contributed by atoms with van der Waals surface area (Å²) in [4.78, 5) is 20.8. The van der Waals surface area contributed by atoms with E-state index in [0.717, 1.165) is 11.6 Å². The van der Waals surface area contributed by atoms with E-state index in [1.807, 2.05) is 0 Å². The molecule has 33 heavy (non-hydrogen) atoms. The number of hydrogen-bond donors (Lipinski definition) is 1. The summed E-state index contributed by atoms with van der Waals surface area (Å²) >= 11 is 5.61. The Morgan fingerprint density at radius 1 is 1.12 bits per heavy atom. The zero-order chi connectivity index (χ0) is 23.6. The Balaban J connectivity index is 1.50. The fourth-order valence-corrected chi connectivity index (χ4v) is 3.18. The van der Waals surface area contributed by atoms with Crippen molar-refractivity contribution in [2.45, 2.75) is 6.18 Å². The van der Waals surface area contributed by atoms with Crippen LogP contribution in [0.2, 0.25) is 5.02 Å².